The van der Waals surface area contributed by atoms with Gasteiger partial charge in [0.25, 0.3) is 0 Å². The number of carbonyl (C=O) groups is 2. The summed E-state index contributed by atoms with van der Waals surface area (Å²) in [7, 11) is 0. The van der Waals surface area contributed by atoms with Crippen molar-refractivity contribution in [3.8, 4) is 0 Å². The minimum Gasteiger partial charge on any atom is -0.444 e. The predicted octanol–water partition coefficient (Wildman–Crippen LogP) is 1.52. The Labute approximate surface area is 142 Å². The van der Waals surface area contributed by atoms with Crippen LogP contribution >= 0.6 is 0 Å². The Hall–Kier alpha value is -1.30. The first-order chi connectivity index (χ1) is 11.2. The molecule has 0 aromatic rings. The second-order valence-corrected chi connectivity index (χ2v) is 9.06. The molecule has 6 nitrogen and oxygen atoms in total. The molecule has 24 heavy (non-hydrogen) atoms. The number of hydrogen-bond acceptors (Lipinski definition) is 4. The van der Waals surface area contributed by atoms with Crippen molar-refractivity contribution in [3.05, 3.63) is 0 Å². The Bertz CT molecular complexity index is 542. The van der Waals surface area contributed by atoms with Gasteiger partial charge in [-0.05, 0) is 63.7 Å². The summed E-state index contributed by atoms with van der Waals surface area (Å²) in [5.41, 5.74) is -0.613. The monoisotopic (exact) mass is 336 g/mol. The number of rotatable bonds is 2. The van der Waals surface area contributed by atoms with E-state index < -0.39 is 23.8 Å². The van der Waals surface area contributed by atoms with Crippen molar-refractivity contribution in [2.75, 3.05) is 6.54 Å². The van der Waals surface area contributed by atoms with Crippen LogP contribution in [0.4, 0.5) is 4.79 Å². The molecule has 4 rings (SSSR count). The van der Waals surface area contributed by atoms with E-state index in [2.05, 4.69) is 5.32 Å². The molecule has 1 saturated heterocycles. The van der Waals surface area contributed by atoms with Gasteiger partial charge in [0.15, 0.2) is 0 Å². The molecule has 6 heteroatoms. The van der Waals surface area contributed by atoms with Gasteiger partial charge >= 0.3 is 6.09 Å². The van der Waals surface area contributed by atoms with E-state index in [9.17, 15) is 14.7 Å². The van der Waals surface area contributed by atoms with E-state index in [1.54, 1.807) is 20.8 Å². The zero-order chi connectivity index (χ0) is 17.2. The summed E-state index contributed by atoms with van der Waals surface area (Å²) in [6.45, 7) is 5.56. The quantitative estimate of drug-likeness (QED) is 0.801. The average molecular weight is 336 g/mol. The number of likely N-dealkylation sites (tertiary alicyclic amines) is 1. The number of ether oxygens (including phenoxy) is 1. The van der Waals surface area contributed by atoms with Crippen molar-refractivity contribution in [2.24, 2.45) is 23.7 Å². The third kappa shape index (κ3) is 2.68. The van der Waals surface area contributed by atoms with Crippen molar-refractivity contribution in [2.45, 2.75) is 70.2 Å². The number of β-amino-alcohol motifs (C(OH)–C–C–N with tert-alkyl or cyclic N) is 1. The lowest BCUT2D eigenvalue weighted by atomic mass is 10.0. The van der Waals surface area contributed by atoms with Crippen LogP contribution in [0.5, 0.6) is 0 Å². The van der Waals surface area contributed by atoms with Crippen LogP contribution in [0.15, 0.2) is 0 Å². The van der Waals surface area contributed by atoms with Crippen molar-refractivity contribution < 1.29 is 19.4 Å². The fraction of sp³-hybridized carbons (Fsp3) is 0.889. The highest BCUT2D eigenvalue weighted by atomic mass is 16.6. The van der Waals surface area contributed by atoms with Gasteiger partial charge in [-0.15, -0.1) is 0 Å². The number of nitrogens with one attached hydrogen (secondary N) is 1. The molecule has 0 spiro atoms. The summed E-state index contributed by atoms with van der Waals surface area (Å²) < 4.78 is 5.39. The Morgan fingerprint density at radius 3 is 2.33 bits per heavy atom. The van der Waals surface area contributed by atoms with Crippen molar-refractivity contribution in [1.29, 1.82) is 0 Å². The zero-order valence-corrected chi connectivity index (χ0v) is 14.7. The van der Waals surface area contributed by atoms with E-state index in [1.807, 2.05) is 0 Å². The van der Waals surface area contributed by atoms with Crippen LogP contribution in [0, 0.1) is 23.7 Å². The molecule has 134 valence electrons. The predicted molar refractivity (Wildman–Crippen MR) is 87.1 cm³/mol. The van der Waals surface area contributed by atoms with Crippen LogP contribution in [0.1, 0.15) is 46.5 Å². The SMILES string of the molecule is CC(C)(C)OC(=O)N1C[C@H](O)C[C@H]1C(=O)NC1[C@@H]2[C@H]3CC[C@@H](C3)[C@H]12. The summed E-state index contributed by atoms with van der Waals surface area (Å²) in [4.78, 5) is 26.4. The molecule has 1 unspecified atom stereocenters. The molecule has 1 aliphatic heterocycles. The van der Waals surface area contributed by atoms with E-state index in [0.717, 1.165) is 11.8 Å². The Morgan fingerprint density at radius 1 is 1.12 bits per heavy atom. The van der Waals surface area contributed by atoms with Crippen molar-refractivity contribution in [3.63, 3.8) is 0 Å². The van der Waals surface area contributed by atoms with Gasteiger partial charge in [-0.2, -0.15) is 0 Å². The Kier molecular flexibility index (Phi) is 3.61. The smallest absolute Gasteiger partial charge is 0.411 e. The number of hydrogen-bond donors (Lipinski definition) is 2. The molecule has 1 heterocycles. The number of nitrogens with zero attached hydrogens (tertiary/aromatic N) is 1. The van der Waals surface area contributed by atoms with E-state index in [1.165, 1.54) is 24.2 Å². The summed E-state index contributed by atoms with van der Waals surface area (Å²) in [5, 5.41) is 13.1. The Morgan fingerprint density at radius 2 is 1.75 bits per heavy atom. The normalized spacial score (nSPS) is 42.8. The van der Waals surface area contributed by atoms with E-state index in [-0.39, 0.29) is 12.5 Å². The number of amides is 2. The van der Waals surface area contributed by atoms with Crippen LogP contribution in [-0.2, 0) is 9.53 Å². The summed E-state index contributed by atoms with van der Waals surface area (Å²) >= 11 is 0. The second-order valence-electron chi connectivity index (χ2n) is 9.06. The largest absolute Gasteiger partial charge is 0.444 e. The van der Waals surface area contributed by atoms with Gasteiger partial charge in [0.05, 0.1) is 12.6 Å². The number of aliphatic hydroxyl groups is 1. The van der Waals surface area contributed by atoms with Gasteiger partial charge in [0.1, 0.15) is 11.6 Å². The van der Waals surface area contributed by atoms with Crippen molar-refractivity contribution in [1.82, 2.24) is 10.2 Å². The van der Waals surface area contributed by atoms with Gasteiger partial charge < -0.3 is 15.2 Å². The maximum absolute atomic E-state index is 12.7. The first-order valence-electron chi connectivity index (χ1n) is 9.22. The molecule has 2 bridgehead atoms. The minimum atomic E-state index is -0.664. The average Bonchev–Trinajstić information content (AvgIpc) is 2.84. The number of fused-ring (bicyclic) bond motifs is 5. The number of carbonyl (C=O) groups excluding carboxylic acids is 2. The van der Waals surface area contributed by atoms with Gasteiger partial charge in [0, 0.05) is 12.5 Å². The molecule has 3 saturated carbocycles. The fourth-order valence-corrected chi connectivity index (χ4v) is 5.36. The first kappa shape index (κ1) is 16.2. The highest BCUT2D eigenvalue weighted by Crippen LogP contribution is 2.65. The lowest BCUT2D eigenvalue weighted by Gasteiger charge is -2.28. The molecule has 4 aliphatic rings. The van der Waals surface area contributed by atoms with Gasteiger partial charge in [-0.3, -0.25) is 9.69 Å². The highest BCUT2D eigenvalue weighted by molar-refractivity contribution is 5.87. The van der Waals surface area contributed by atoms with Crippen LogP contribution in [0.25, 0.3) is 0 Å². The summed E-state index contributed by atoms with van der Waals surface area (Å²) in [6.07, 6.45) is 3.07. The highest BCUT2D eigenvalue weighted by Gasteiger charge is 2.65. The van der Waals surface area contributed by atoms with E-state index in [4.69, 9.17) is 4.74 Å². The molecular formula is C18H28N2O4. The van der Waals surface area contributed by atoms with Crippen LogP contribution in [0.2, 0.25) is 0 Å². The minimum absolute atomic E-state index is 0.129. The van der Waals surface area contributed by atoms with Gasteiger partial charge in [0.2, 0.25) is 5.91 Å². The maximum Gasteiger partial charge on any atom is 0.411 e. The van der Waals surface area contributed by atoms with Crippen LogP contribution in [0.3, 0.4) is 0 Å². The zero-order valence-electron chi connectivity index (χ0n) is 14.7. The van der Waals surface area contributed by atoms with E-state index in [0.29, 0.717) is 24.3 Å². The van der Waals surface area contributed by atoms with E-state index >= 15 is 0 Å². The number of aliphatic hydroxyl groups excluding tert-OH is 1. The summed E-state index contributed by atoms with van der Waals surface area (Å²) in [5.74, 6) is 2.78. The second kappa shape index (κ2) is 5.35. The van der Waals surface area contributed by atoms with Crippen LogP contribution < -0.4 is 5.32 Å². The van der Waals surface area contributed by atoms with Gasteiger partial charge in [-0.25, -0.2) is 4.79 Å². The maximum atomic E-state index is 12.7. The standard InChI is InChI=1S/C18H28N2O4/c1-18(2,3)24-17(23)20-8-11(21)7-12(20)16(22)19-15-13-9-4-5-10(6-9)14(13)15/h9-15,21H,4-8H2,1-3H3,(H,19,22)/t9-,10-,11+,12-,13-,14+,15?/m0/s1. The molecule has 2 N–H and O–H groups in total. The fourth-order valence-electron chi connectivity index (χ4n) is 5.36. The molecule has 0 aromatic carbocycles. The molecule has 3 aliphatic carbocycles. The lowest BCUT2D eigenvalue weighted by molar-refractivity contribution is -0.125. The third-order valence-corrected chi connectivity index (χ3v) is 6.25. The van der Waals surface area contributed by atoms with Crippen LogP contribution in [-0.4, -0.2) is 52.3 Å². The molecule has 0 aromatic heterocycles. The lowest BCUT2D eigenvalue weighted by Crippen LogP contribution is -2.48. The molecule has 4 fully saturated rings. The topological polar surface area (TPSA) is 78.9 Å². The summed E-state index contributed by atoms with van der Waals surface area (Å²) in [6, 6.07) is -0.323. The van der Waals surface area contributed by atoms with Crippen molar-refractivity contribution >= 4 is 12.0 Å². The Balaban J connectivity index is 1.39. The first-order valence-corrected chi connectivity index (χ1v) is 9.22. The molecule has 2 amide bonds. The molecular weight excluding hydrogens is 308 g/mol. The van der Waals surface area contributed by atoms with Gasteiger partial charge in [-0.1, -0.05) is 0 Å². The molecule has 7 atom stereocenters. The molecule has 0 radical (unpaired) electrons. The third-order valence-electron chi connectivity index (χ3n) is 6.25.